The van der Waals surface area contributed by atoms with Crippen LogP contribution in [0.4, 0.5) is 0 Å². The van der Waals surface area contributed by atoms with Gasteiger partial charge in [-0.15, -0.1) is 0 Å². The number of fused-ring (bicyclic) bond motifs is 1. The summed E-state index contributed by atoms with van der Waals surface area (Å²) in [5.41, 5.74) is 0. The molecule has 1 aliphatic heterocycles. The third-order valence-electron chi connectivity index (χ3n) is 3.34. The molecule has 0 spiro atoms. The minimum atomic E-state index is -0.0902. The van der Waals surface area contributed by atoms with Crippen molar-refractivity contribution in [3.05, 3.63) is 0 Å². The molecule has 1 aliphatic carbocycles. The molecule has 2 rings (SSSR count). The van der Waals surface area contributed by atoms with Crippen molar-refractivity contribution in [2.24, 2.45) is 5.92 Å². The fraction of sp³-hybridized carbons (Fsp3) is 0.900. The monoisotopic (exact) mass is 183 g/mol. The fourth-order valence-corrected chi connectivity index (χ4v) is 2.44. The van der Waals surface area contributed by atoms with Crippen molar-refractivity contribution in [3.8, 4) is 0 Å². The standard InChI is InChI=1S/C10H17NO2/c1-7(10(12)13-2)11-5-3-4-8-6-9(8)11/h7-9H,3-6H2,1-2H3. The molecule has 74 valence electrons. The van der Waals surface area contributed by atoms with E-state index >= 15 is 0 Å². The zero-order chi connectivity index (χ0) is 9.42. The van der Waals surface area contributed by atoms with Crippen LogP contribution in [-0.4, -0.2) is 36.6 Å². The van der Waals surface area contributed by atoms with Gasteiger partial charge in [0.2, 0.25) is 0 Å². The van der Waals surface area contributed by atoms with E-state index in [0.717, 1.165) is 12.5 Å². The molecule has 0 N–H and O–H groups in total. The van der Waals surface area contributed by atoms with Crippen LogP contribution in [0.15, 0.2) is 0 Å². The van der Waals surface area contributed by atoms with Gasteiger partial charge in [-0.2, -0.15) is 0 Å². The van der Waals surface area contributed by atoms with Crippen LogP contribution in [0.5, 0.6) is 0 Å². The smallest absolute Gasteiger partial charge is 0.322 e. The number of hydrogen-bond donors (Lipinski definition) is 0. The largest absolute Gasteiger partial charge is 0.468 e. The Balaban J connectivity index is 1.95. The van der Waals surface area contributed by atoms with Gasteiger partial charge in [-0.05, 0) is 38.6 Å². The van der Waals surface area contributed by atoms with Crippen molar-refractivity contribution in [1.29, 1.82) is 0 Å². The summed E-state index contributed by atoms with van der Waals surface area (Å²) in [6.07, 6.45) is 3.89. The first-order chi connectivity index (χ1) is 6.24. The van der Waals surface area contributed by atoms with Gasteiger partial charge in [-0.1, -0.05) is 0 Å². The Bertz CT molecular complexity index is 217. The van der Waals surface area contributed by atoms with Crippen LogP contribution >= 0.6 is 0 Å². The fourth-order valence-electron chi connectivity index (χ4n) is 2.44. The van der Waals surface area contributed by atoms with E-state index in [1.165, 1.54) is 26.4 Å². The number of methoxy groups -OCH3 is 1. The van der Waals surface area contributed by atoms with Gasteiger partial charge in [-0.3, -0.25) is 9.69 Å². The number of esters is 1. The summed E-state index contributed by atoms with van der Waals surface area (Å²) >= 11 is 0. The molecule has 2 aliphatic rings. The van der Waals surface area contributed by atoms with Crippen molar-refractivity contribution in [2.75, 3.05) is 13.7 Å². The van der Waals surface area contributed by atoms with Gasteiger partial charge in [0.05, 0.1) is 7.11 Å². The van der Waals surface area contributed by atoms with Gasteiger partial charge < -0.3 is 4.74 Å². The molecule has 3 unspecified atom stereocenters. The summed E-state index contributed by atoms with van der Waals surface area (Å²) in [7, 11) is 1.47. The number of carbonyl (C=O) groups excluding carboxylic acids is 1. The summed E-state index contributed by atoms with van der Waals surface area (Å²) in [4.78, 5) is 13.6. The van der Waals surface area contributed by atoms with Crippen molar-refractivity contribution in [2.45, 2.75) is 38.3 Å². The molecular weight excluding hydrogens is 166 g/mol. The highest BCUT2D eigenvalue weighted by Gasteiger charge is 2.46. The minimum Gasteiger partial charge on any atom is -0.468 e. The molecule has 0 aromatic rings. The predicted octanol–water partition coefficient (Wildman–Crippen LogP) is 1.03. The molecule has 0 radical (unpaired) electrons. The summed E-state index contributed by atoms with van der Waals surface area (Å²) < 4.78 is 4.75. The molecule has 2 fully saturated rings. The molecule has 3 heteroatoms. The van der Waals surface area contributed by atoms with Crippen molar-refractivity contribution in [1.82, 2.24) is 4.90 Å². The lowest BCUT2D eigenvalue weighted by Crippen LogP contribution is -2.44. The maximum atomic E-state index is 11.3. The molecule has 13 heavy (non-hydrogen) atoms. The highest BCUT2D eigenvalue weighted by Crippen LogP contribution is 2.43. The van der Waals surface area contributed by atoms with Crippen LogP contribution in [-0.2, 0) is 9.53 Å². The molecule has 1 saturated carbocycles. The Morgan fingerprint density at radius 1 is 1.62 bits per heavy atom. The molecule has 1 saturated heterocycles. The zero-order valence-corrected chi connectivity index (χ0v) is 8.32. The van der Waals surface area contributed by atoms with Crippen molar-refractivity contribution in [3.63, 3.8) is 0 Å². The second kappa shape index (κ2) is 3.29. The van der Waals surface area contributed by atoms with Gasteiger partial charge in [-0.25, -0.2) is 0 Å². The molecule has 1 heterocycles. The molecule has 3 nitrogen and oxygen atoms in total. The highest BCUT2D eigenvalue weighted by molar-refractivity contribution is 5.75. The van der Waals surface area contributed by atoms with E-state index < -0.39 is 0 Å². The molecule has 0 amide bonds. The van der Waals surface area contributed by atoms with Gasteiger partial charge in [0.25, 0.3) is 0 Å². The quantitative estimate of drug-likeness (QED) is 0.599. The zero-order valence-electron chi connectivity index (χ0n) is 8.32. The number of rotatable bonds is 2. The third-order valence-corrected chi connectivity index (χ3v) is 3.34. The Morgan fingerprint density at radius 2 is 2.38 bits per heavy atom. The predicted molar refractivity (Wildman–Crippen MR) is 49.3 cm³/mol. The van der Waals surface area contributed by atoms with E-state index in [-0.39, 0.29) is 12.0 Å². The molecule has 0 aromatic heterocycles. The molecule has 0 aromatic carbocycles. The first-order valence-electron chi connectivity index (χ1n) is 5.07. The van der Waals surface area contributed by atoms with E-state index in [0.29, 0.717) is 6.04 Å². The van der Waals surface area contributed by atoms with Crippen LogP contribution in [0.1, 0.15) is 26.2 Å². The third kappa shape index (κ3) is 1.57. The van der Waals surface area contributed by atoms with Crippen LogP contribution in [0, 0.1) is 5.92 Å². The van der Waals surface area contributed by atoms with Crippen LogP contribution in [0.3, 0.4) is 0 Å². The van der Waals surface area contributed by atoms with E-state index in [4.69, 9.17) is 4.74 Å². The maximum absolute atomic E-state index is 11.3. The summed E-state index contributed by atoms with van der Waals surface area (Å²) in [5, 5.41) is 0. The lowest BCUT2D eigenvalue weighted by atomic mass is 10.1. The first kappa shape index (κ1) is 9.00. The molecule has 3 atom stereocenters. The number of nitrogens with zero attached hydrogens (tertiary/aromatic N) is 1. The van der Waals surface area contributed by atoms with Crippen LogP contribution in [0.2, 0.25) is 0 Å². The normalized spacial score (nSPS) is 34.9. The van der Waals surface area contributed by atoms with Crippen LogP contribution in [0.25, 0.3) is 0 Å². The Labute approximate surface area is 79.0 Å². The summed E-state index contributed by atoms with van der Waals surface area (Å²) in [6, 6.07) is 0.642. The highest BCUT2D eigenvalue weighted by atomic mass is 16.5. The second-order valence-corrected chi connectivity index (χ2v) is 4.14. The van der Waals surface area contributed by atoms with E-state index in [2.05, 4.69) is 4.90 Å². The second-order valence-electron chi connectivity index (χ2n) is 4.14. The summed E-state index contributed by atoms with van der Waals surface area (Å²) in [6.45, 7) is 3.02. The number of likely N-dealkylation sites (tertiary alicyclic amines) is 1. The van der Waals surface area contributed by atoms with Crippen molar-refractivity contribution >= 4 is 5.97 Å². The van der Waals surface area contributed by atoms with Crippen molar-refractivity contribution < 1.29 is 9.53 Å². The summed E-state index contributed by atoms with van der Waals surface area (Å²) in [5.74, 6) is 0.786. The average Bonchev–Trinajstić information content (AvgIpc) is 2.93. The lowest BCUT2D eigenvalue weighted by molar-refractivity contribution is -0.146. The minimum absolute atomic E-state index is 0.0414. The first-order valence-corrected chi connectivity index (χ1v) is 5.07. The average molecular weight is 183 g/mol. The Hall–Kier alpha value is -0.570. The van der Waals surface area contributed by atoms with E-state index in [1.54, 1.807) is 0 Å². The van der Waals surface area contributed by atoms with E-state index in [9.17, 15) is 4.79 Å². The van der Waals surface area contributed by atoms with E-state index in [1.807, 2.05) is 6.92 Å². The topological polar surface area (TPSA) is 29.5 Å². The van der Waals surface area contributed by atoms with Gasteiger partial charge in [0, 0.05) is 6.04 Å². The number of carbonyl (C=O) groups is 1. The molecule has 0 bridgehead atoms. The SMILES string of the molecule is COC(=O)C(C)N1CCCC2CC21. The van der Waals surface area contributed by atoms with Gasteiger partial charge in [0.15, 0.2) is 0 Å². The lowest BCUT2D eigenvalue weighted by Gasteiger charge is -2.30. The van der Waals surface area contributed by atoms with Gasteiger partial charge >= 0.3 is 5.97 Å². The number of hydrogen-bond acceptors (Lipinski definition) is 3. The Kier molecular flexibility index (Phi) is 2.28. The number of piperidine rings is 1. The maximum Gasteiger partial charge on any atom is 0.322 e. The Morgan fingerprint density at radius 3 is 3.08 bits per heavy atom. The molecular formula is C10H17NO2. The number of ether oxygens (including phenoxy) is 1. The van der Waals surface area contributed by atoms with Gasteiger partial charge in [0.1, 0.15) is 6.04 Å². The van der Waals surface area contributed by atoms with Crippen LogP contribution < -0.4 is 0 Å².